The van der Waals surface area contributed by atoms with Crippen molar-refractivity contribution in [3.05, 3.63) is 35.3 Å². The zero-order chi connectivity index (χ0) is 15.4. The van der Waals surface area contributed by atoms with Gasteiger partial charge in [-0.1, -0.05) is 0 Å². The highest BCUT2D eigenvalue weighted by Gasteiger charge is 2.19. The van der Waals surface area contributed by atoms with E-state index in [9.17, 15) is 4.79 Å². The lowest BCUT2D eigenvalue weighted by molar-refractivity contribution is 0.0743. The summed E-state index contributed by atoms with van der Waals surface area (Å²) in [7, 11) is 3.37. The van der Waals surface area contributed by atoms with Gasteiger partial charge in [-0.2, -0.15) is 0 Å². The van der Waals surface area contributed by atoms with Crippen LogP contribution in [-0.4, -0.2) is 42.5 Å². The highest BCUT2D eigenvalue weighted by molar-refractivity contribution is 7.13. The van der Waals surface area contributed by atoms with E-state index in [0.717, 1.165) is 16.3 Å². The molecule has 1 atom stereocenters. The van der Waals surface area contributed by atoms with Crippen molar-refractivity contribution in [1.82, 2.24) is 9.88 Å². The maximum Gasteiger partial charge on any atom is 0.273 e. The SMILES string of the molecule is COc1ccc(-c2nc(C(=O)N(C)C(C)CN)cs2)cc1. The first-order valence-electron chi connectivity index (χ1n) is 6.64. The summed E-state index contributed by atoms with van der Waals surface area (Å²) >= 11 is 1.45. The summed E-state index contributed by atoms with van der Waals surface area (Å²) in [4.78, 5) is 18.3. The number of aromatic nitrogens is 1. The fourth-order valence-electron chi connectivity index (χ4n) is 1.78. The number of carbonyl (C=O) groups is 1. The molecule has 0 radical (unpaired) electrons. The van der Waals surface area contributed by atoms with Gasteiger partial charge in [-0.3, -0.25) is 4.79 Å². The van der Waals surface area contributed by atoms with E-state index >= 15 is 0 Å². The van der Waals surface area contributed by atoms with Gasteiger partial charge >= 0.3 is 0 Å². The van der Waals surface area contributed by atoms with Crippen molar-refractivity contribution in [1.29, 1.82) is 0 Å². The van der Waals surface area contributed by atoms with Gasteiger partial charge in [0.2, 0.25) is 0 Å². The lowest BCUT2D eigenvalue weighted by Crippen LogP contribution is -2.39. The van der Waals surface area contributed by atoms with E-state index in [1.807, 2.05) is 31.2 Å². The van der Waals surface area contributed by atoms with Gasteiger partial charge < -0.3 is 15.4 Å². The summed E-state index contributed by atoms with van der Waals surface area (Å²) in [5.41, 5.74) is 7.01. The van der Waals surface area contributed by atoms with Gasteiger partial charge in [0.15, 0.2) is 0 Å². The highest BCUT2D eigenvalue weighted by Crippen LogP contribution is 2.26. The van der Waals surface area contributed by atoms with Crippen molar-refractivity contribution in [2.45, 2.75) is 13.0 Å². The zero-order valence-corrected chi connectivity index (χ0v) is 13.2. The Morgan fingerprint density at radius 2 is 2.10 bits per heavy atom. The Balaban J connectivity index is 2.19. The van der Waals surface area contributed by atoms with Crippen LogP contribution in [0.25, 0.3) is 10.6 Å². The molecule has 0 saturated heterocycles. The monoisotopic (exact) mass is 305 g/mol. The van der Waals surface area contributed by atoms with Crippen molar-refractivity contribution >= 4 is 17.2 Å². The van der Waals surface area contributed by atoms with Crippen LogP contribution in [0.4, 0.5) is 0 Å². The second-order valence-corrected chi connectivity index (χ2v) is 5.63. The van der Waals surface area contributed by atoms with Crippen molar-refractivity contribution < 1.29 is 9.53 Å². The summed E-state index contributed by atoms with van der Waals surface area (Å²) in [5, 5.41) is 2.59. The molecule has 1 heterocycles. The van der Waals surface area contributed by atoms with Gasteiger partial charge in [0.05, 0.1) is 7.11 Å². The molecule has 2 N–H and O–H groups in total. The molecule has 0 aliphatic rings. The number of thiazole rings is 1. The second kappa shape index (κ2) is 6.69. The number of nitrogens with two attached hydrogens (primary N) is 1. The average Bonchev–Trinajstić information content (AvgIpc) is 3.02. The van der Waals surface area contributed by atoms with Gasteiger partial charge in [0.1, 0.15) is 16.5 Å². The molecule has 1 aromatic carbocycles. The number of hydrogen-bond acceptors (Lipinski definition) is 5. The summed E-state index contributed by atoms with van der Waals surface area (Å²) in [6, 6.07) is 7.60. The summed E-state index contributed by atoms with van der Waals surface area (Å²) in [5.74, 6) is 0.687. The Morgan fingerprint density at radius 1 is 1.43 bits per heavy atom. The number of methoxy groups -OCH3 is 1. The molecule has 0 fully saturated rings. The number of benzene rings is 1. The quantitative estimate of drug-likeness (QED) is 0.920. The van der Waals surface area contributed by atoms with Crippen molar-refractivity contribution in [2.24, 2.45) is 5.73 Å². The van der Waals surface area contributed by atoms with Crippen LogP contribution in [0.2, 0.25) is 0 Å². The van der Waals surface area contributed by atoms with Crippen LogP contribution >= 0.6 is 11.3 Å². The van der Waals surface area contributed by atoms with Crippen LogP contribution in [0.5, 0.6) is 5.75 Å². The van der Waals surface area contributed by atoms with E-state index in [4.69, 9.17) is 10.5 Å². The van der Waals surface area contributed by atoms with E-state index in [-0.39, 0.29) is 11.9 Å². The molecule has 1 amide bonds. The fraction of sp³-hybridized carbons (Fsp3) is 0.333. The zero-order valence-electron chi connectivity index (χ0n) is 12.4. The van der Waals surface area contributed by atoms with Gasteiger partial charge in [-0.25, -0.2) is 4.98 Å². The molecule has 2 rings (SSSR count). The molecule has 1 aromatic heterocycles. The van der Waals surface area contributed by atoms with Crippen LogP contribution in [0.3, 0.4) is 0 Å². The highest BCUT2D eigenvalue weighted by atomic mass is 32.1. The van der Waals surface area contributed by atoms with Crippen LogP contribution in [0.1, 0.15) is 17.4 Å². The molecule has 21 heavy (non-hydrogen) atoms. The summed E-state index contributed by atoms with van der Waals surface area (Å²) in [6.45, 7) is 2.34. The Kier molecular flexibility index (Phi) is 4.93. The first-order valence-corrected chi connectivity index (χ1v) is 7.52. The fourth-order valence-corrected chi connectivity index (χ4v) is 2.58. The smallest absolute Gasteiger partial charge is 0.273 e. The first kappa shape index (κ1) is 15.5. The average molecular weight is 305 g/mol. The summed E-state index contributed by atoms with van der Waals surface area (Å²) in [6.07, 6.45) is 0. The molecule has 0 spiro atoms. The normalized spacial score (nSPS) is 12.0. The number of ether oxygens (including phenoxy) is 1. The molecule has 1 unspecified atom stereocenters. The maximum absolute atomic E-state index is 12.3. The Morgan fingerprint density at radius 3 is 2.67 bits per heavy atom. The summed E-state index contributed by atoms with van der Waals surface area (Å²) < 4.78 is 5.13. The Bertz CT molecular complexity index is 610. The molecule has 112 valence electrons. The van der Waals surface area contributed by atoms with Gasteiger partial charge in [-0.05, 0) is 31.2 Å². The second-order valence-electron chi connectivity index (χ2n) is 4.77. The minimum absolute atomic E-state index is 0.0105. The third kappa shape index (κ3) is 3.40. The predicted molar refractivity (Wildman–Crippen MR) is 84.7 cm³/mol. The van der Waals surface area contributed by atoms with E-state index in [0.29, 0.717) is 12.2 Å². The Labute approximate surface area is 128 Å². The molecule has 0 aliphatic heterocycles. The predicted octanol–water partition coefficient (Wildman–Crippen LogP) is 2.24. The lowest BCUT2D eigenvalue weighted by atomic mass is 10.2. The van der Waals surface area contributed by atoms with Crippen LogP contribution < -0.4 is 10.5 Å². The van der Waals surface area contributed by atoms with E-state index in [1.54, 1.807) is 24.4 Å². The third-order valence-electron chi connectivity index (χ3n) is 3.38. The molecule has 2 aromatic rings. The number of likely N-dealkylation sites (N-methyl/N-ethyl adjacent to an activating group) is 1. The largest absolute Gasteiger partial charge is 0.497 e. The number of amides is 1. The molecule has 6 heteroatoms. The minimum atomic E-state index is -0.107. The number of hydrogen-bond donors (Lipinski definition) is 1. The van der Waals surface area contributed by atoms with Gasteiger partial charge in [-0.15, -0.1) is 11.3 Å². The molecule has 0 aliphatic carbocycles. The van der Waals surface area contributed by atoms with Crippen LogP contribution in [0, 0.1) is 0 Å². The molecule has 0 bridgehead atoms. The van der Waals surface area contributed by atoms with Gasteiger partial charge in [0.25, 0.3) is 5.91 Å². The Hall–Kier alpha value is -1.92. The molecule has 0 saturated carbocycles. The van der Waals surface area contributed by atoms with E-state index in [1.165, 1.54) is 11.3 Å². The number of carbonyl (C=O) groups excluding carboxylic acids is 1. The third-order valence-corrected chi connectivity index (χ3v) is 4.27. The van der Waals surface area contributed by atoms with Crippen molar-refractivity contribution in [3.8, 4) is 16.3 Å². The topological polar surface area (TPSA) is 68.5 Å². The number of nitrogens with zero attached hydrogens (tertiary/aromatic N) is 2. The van der Waals surface area contributed by atoms with Crippen molar-refractivity contribution in [2.75, 3.05) is 20.7 Å². The van der Waals surface area contributed by atoms with Crippen LogP contribution in [0.15, 0.2) is 29.6 Å². The van der Waals surface area contributed by atoms with Gasteiger partial charge in [0, 0.05) is 30.6 Å². The lowest BCUT2D eigenvalue weighted by Gasteiger charge is -2.22. The van der Waals surface area contributed by atoms with E-state index < -0.39 is 0 Å². The maximum atomic E-state index is 12.3. The minimum Gasteiger partial charge on any atom is -0.497 e. The molecule has 5 nitrogen and oxygen atoms in total. The van der Waals surface area contributed by atoms with Crippen LogP contribution in [-0.2, 0) is 0 Å². The standard InChI is InChI=1S/C15H19N3O2S/c1-10(8-16)18(2)15(19)13-9-21-14(17-13)11-4-6-12(20-3)7-5-11/h4-7,9-10H,8,16H2,1-3H3. The van der Waals surface area contributed by atoms with Crippen molar-refractivity contribution in [3.63, 3.8) is 0 Å². The first-order chi connectivity index (χ1) is 10.1. The molecular formula is C15H19N3O2S. The molecular weight excluding hydrogens is 286 g/mol. The van der Waals surface area contributed by atoms with E-state index in [2.05, 4.69) is 4.98 Å². The number of rotatable bonds is 5.